The van der Waals surface area contributed by atoms with Gasteiger partial charge in [-0.05, 0) is 36.8 Å². The lowest BCUT2D eigenvalue weighted by atomic mass is 9.84. The first-order valence-corrected chi connectivity index (χ1v) is 7.85. The Morgan fingerprint density at radius 3 is 2.68 bits per heavy atom. The summed E-state index contributed by atoms with van der Waals surface area (Å²) in [6.45, 7) is 0. The molecule has 3 rings (SSSR count). The van der Waals surface area contributed by atoms with Gasteiger partial charge in [0.15, 0.2) is 0 Å². The number of carbonyl (C=O) groups is 2. The number of carboxylic acids is 1. The molecule has 4 nitrogen and oxygen atoms in total. The van der Waals surface area contributed by atoms with Crippen molar-refractivity contribution in [2.24, 2.45) is 5.92 Å². The van der Waals surface area contributed by atoms with Crippen molar-refractivity contribution in [1.82, 2.24) is 4.90 Å². The number of aliphatic carboxylic acids is 1. The van der Waals surface area contributed by atoms with Gasteiger partial charge in [0.25, 0.3) is 0 Å². The third kappa shape index (κ3) is 2.72. The molecule has 1 aromatic rings. The number of carboxylic acid groups (broad SMARTS) is 1. The molecule has 1 aliphatic heterocycles. The van der Waals surface area contributed by atoms with Crippen LogP contribution in [0.25, 0.3) is 0 Å². The summed E-state index contributed by atoms with van der Waals surface area (Å²) in [5.74, 6) is -1.36. The summed E-state index contributed by atoms with van der Waals surface area (Å²) in [4.78, 5) is 25.7. The Morgan fingerprint density at radius 2 is 1.95 bits per heavy atom. The minimum absolute atomic E-state index is 0.00845. The van der Waals surface area contributed by atoms with E-state index >= 15 is 0 Å². The number of hydrogen-bond donors (Lipinski definition) is 1. The second-order valence-corrected chi connectivity index (χ2v) is 6.27. The highest BCUT2D eigenvalue weighted by Crippen LogP contribution is 2.40. The number of fused-ring (bicyclic) bond motifs is 1. The molecule has 3 unspecified atom stereocenters. The van der Waals surface area contributed by atoms with Gasteiger partial charge in [-0.2, -0.15) is 0 Å². The predicted molar refractivity (Wildman–Crippen MR) is 78.7 cm³/mol. The second-order valence-electron chi connectivity index (χ2n) is 6.27. The molecule has 1 amide bonds. The molecule has 1 saturated heterocycles. The summed E-state index contributed by atoms with van der Waals surface area (Å²) in [7, 11) is 0. The Hall–Kier alpha value is -1.91. The molecule has 3 atom stereocenters. The normalized spacial score (nSPS) is 27.5. The molecule has 2 aliphatic rings. The maximum atomic E-state index is 13.7. The molecule has 0 radical (unpaired) electrons. The zero-order chi connectivity index (χ0) is 15.7. The van der Waals surface area contributed by atoms with E-state index in [1.54, 1.807) is 18.2 Å². The van der Waals surface area contributed by atoms with Crippen molar-refractivity contribution in [3.8, 4) is 0 Å². The van der Waals surface area contributed by atoms with Crippen molar-refractivity contribution >= 4 is 11.9 Å². The summed E-state index contributed by atoms with van der Waals surface area (Å²) in [5.41, 5.74) is 0.330. The quantitative estimate of drug-likeness (QED) is 0.934. The molecule has 2 fully saturated rings. The molecule has 5 heteroatoms. The van der Waals surface area contributed by atoms with E-state index < -0.39 is 17.8 Å². The molecule has 0 spiro atoms. The average molecular weight is 305 g/mol. The molecule has 22 heavy (non-hydrogen) atoms. The second kappa shape index (κ2) is 6.07. The van der Waals surface area contributed by atoms with Crippen LogP contribution < -0.4 is 0 Å². The standard InChI is InChI=1S/C17H20FNO3/c18-13-7-3-1-5-11(13)10-16(20)19-14-8-4-2-6-12(14)9-15(19)17(21)22/h1,3,5,7,12,14-15H,2,4,6,8-10H2,(H,21,22). The minimum Gasteiger partial charge on any atom is -0.480 e. The fourth-order valence-corrected chi connectivity index (χ4v) is 3.94. The third-order valence-electron chi connectivity index (χ3n) is 4.96. The molecule has 1 aliphatic carbocycles. The highest BCUT2D eigenvalue weighted by Gasteiger charge is 2.47. The van der Waals surface area contributed by atoms with Crippen LogP contribution in [0, 0.1) is 11.7 Å². The van der Waals surface area contributed by atoms with Crippen molar-refractivity contribution in [3.63, 3.8) is 0 Å². The van der Waals surface area contributed by atoms with Crippen molar-refractivity contribution in [2.45, 2.75) is 50.6 Å². The van der Waals surface area contributed by atoms with Crippen LogP contribution in [0.3, 0.4) is 0 Å². The number of nitrogens with zero attached hydrogens (tertiary/aromatic N) is 1. The van der Waals surface area contributed by atoms with Crippen LogP contribution in [0.15, 0.2) is 24.3 Å². The SMILES string of the molecule is O=C(O)C1CC2CCCCC2N1C(=O)Cc1ccccc1F. The highest BCUT2D eigenvalue weighted by molar-refractivity contribution is 5.86. The number of hydrogen-bond acceptors (Lipinski definition) is 2. The number of benzene rings is 1. The largest absolute Gasteiger partial charge is 0.480 e. The van der Waals surface area contributed by atoms with Gasteiger partial charge in [0, 0.05) is 6.04 Å². The number of rotatable bonds is 3. The monoisotopic (exact) mass is 305 g/mol. The first-order chi connectivity index (χ1) is 10.6. The number of halogens is 1. The van der Waals surface area contributed by atoms with Crippen molar-refractivity contribution in [1.29, 1.82) is 0 Å². The molecule has 1 heterocycles. The van der Waals surface area contributed by atoms with Crippen molar-refractivity contribution in [3.05, 3.63) is 35.6 Å². The number of carbonyl (C=O) groups excluding carboxylic acids is 1. The first kappa shape index (κ1) is 15.0. The molecule has 0 aromatic heterocycles. The fraction of sp³-hybridized carbons (Fsp3) is 0.529. The van der Waals surface area contributed by atoms with Gasteiger partial charge in [-0.15, -0.1) is 0 Å². The topological polar surface area (TPSA) is 57.6 Å². The molecular formula is C17H20FNO3. The zero-order valence-corrected chi connectivity index (χ0v) is 12.4. The molecular weight excluding hydrogens is 285 g/mol. The first-order valence-electron chi connectivity index (χ1n) is 7.85. The molecule has 118 valence electrons. The Balaban J connectivity index is 1.82. The number of likely N-dealkylation sites (tertiary alicyclic amines) is 1. The lowest BCUT2D eigenvalue weighted by Gasteiger charge is -2.33. The zero-order valence-electron chi connectivity index (χ0n) is 12.4. The van der Waals surface area contributed by atoms with Gasteiger partial charge in [0.1, 0.15) is 11.9 Å². The lowest BCUT2D eigenvalue weighted by molar-refractivity contribution is -0.149. The van der Waals surface area contributed by atoms with Crippen LogP contribution >= 0.6 is 0 Å². The van der Waals surface area contributed by atoms with E-state index in [4.69, 9.17) is 0 Å². The Kier molecular flexibility index (Phi) is 4.14. The third-order valence-corrected chi connectivity index (χ3v) is 4.96. The molecule has 1 aromatic carbocycles. The van der Waals surface area contributed by atoms with Crippen LogP contribution in [-0.2, 0) is 16.0 Å². The van der Waals surface area contributed by atoms with E-state index in [1.807, 2.05) is 0 Å². The van der Waals surface area contributed by atoms with Crippen LogP contribution in [0.1, 0.15) is 37.7 Å². The van der Waals surface area contributed by atoms with Gasteiger partial charge in [-0.1, -0.05) is 31.0 Å². The lowest BCUT2D eigenvalue weighted by Crippen LogP contribution is -2.46. The highest BCUT2D eigenvalue weighted by atomic mass is 19.1. The molecule has 1 N–H and O–H groups in total. The van der Waals surface area contributed by atoms with Gasteiger partial charge in [0.2, 0.25) is 5.91 Å². The maximum absolute atomic E-state index is 13.7. The van der Waals surface area contributed by atoms with Crippen LogP contribution in [-0.4, -0.2) is 34.0 Å². The molecule has 1 saturated carbocycles. The van der Waals surface area contributed by atoms with Crippen LogP contribution in [0.5, 0.6) is 0 Å². The van der Waals surface area contributed by atoms with E-state index in [2.05, 4.69) is 0 Å². The van der Waals surface area contributed by atoms with Crippen LogP contribution in [0.4, 0.5) is 4.39 Å². The maximum Gasteiger partial charge on any atom is 0.326 e. The van der Waals surface area contributed by atoms with Crippen molar-refractivity contribution < 1.29 is 19.1 Å². The molecule has 0 bridgehead atoms. The van der Waals surface area contributed by atoms with E-state index in [0.717, 1.165) is 25.7 Å². The smallest absolute Gasteiger partial charge is 0.326 e. The predicted octanol–water partition coefficient (Wildman–Crippen LogP) is 2.61. The van der Waals surface area contributed by atoms with Gasteiger partial charge in [0.05, 0.1) is 6.42 Å². The summed E-state index contributed by atoms with van der Waals surface area (Å²) < 4.78 is 13.7. The van der Waals surface area contributed by atoms with Gasteiger partial charge in [-0.25, -0.2) is 9.18 Å². The van der Waals surface area contributed by atoms with Crippen molar-refractivity contribution in [2.75, 3.05) is 0 Å². The number of amides is 1. The van der Waals surface area contributed by atoms with Gasteiger partial charge < -0.3 is 10.0 Å². The van der Waals surface area contributed by atoms with E-state index in [0.29, 0.717) is 12.0 Å². The Bertz CT molecular complexity index is 589. The Morgan fingerprint density at radius 1 is 1.23 bits per heavy atom. The summed E-state index contributed by atoms with van der Waals surface area (Å²) >= 11 is 0. The van der Waals surface area contributed by atoms with Crippen LogP contribution in [0.2, 0.25) is 0 Å². The van der Waals surface area contributed by atoms with Gasteiger partial charge >= 0.3 is 5.97 Å². The summed E-state index contributed by atoms with van der Waals surface area (Å²) in [5, 5.41) is 9.43. The average Bonchev–Trinajstić information content (AvgIpc) is 2.89. The van der Waals surface area contributed by atoms with E-state index in [9.17, 15) is 19.1 Å². The summed E-state index contributed by atoms with van der Waals surface area (Å²) in [6, 6.07) is 5.42. The Labute approximate surface area is 128 Å². The summed E-state index contributed by atoms with van der Waals surface area (Å²) in [6.07, 6.45) is 4.43. The minimum atomic E-state index is -0.948. The fourth-order valence-electron chi connectivity index (χ4n) is 3.94. The van der Waals surface area contributed by atoms with E-state index in [1.165, 1.54) is 11.0 Å². The van der Waals surface area contributed by atoms with Gasteiger partial charge in [-0.3, -0.25) is 4.79 Å². The van der Waals surface area contributed by atoms with E-state index in [-0.39, 0.29) is 24.3 Å².